The van der Waals surface area contributed by atoms with Crippen molar-refractivity contribution in [3.05, 3.63) is 89.5 Å². The fourth-order valence-electron chi connectivity index (χ4n) is 4.53. The molecule has 6 nitrogen and oxygen atoms in total. The lowest BCUT2D eigenvalue weighted by Gasteiger charge is -2.26. The minimum absolute atomic E-state index is 0.0887. The lowest BCUT2D eigenvalue weighted by Crippen LogP contribution is -2.44. The summed E-state index contributed by atoms with van der Waals surface area (Å²) in [5.41, 5.74) is 4.88. The number of benzene rings is 3. The van der Waals surface area contributed by atoms with Crippen LogP contribution in [0.1, 0.15) is 43.4 Å². The molecule has 0 spiro atoms. The third kappa shape index (κ3) is 5.48. The number of hydrogen-bond acceptors (Lipinski definition) is 4. The predicted molar refractivity (Wildman–Crippen MR) is 135 cm³/mol. The van der Waals surface area contributed by atoms with Gasteiger partial charge in [-0.05, 0) is 60.7 Å². The normalized spacial score (nSPS) is 13.5. The van der Waals surface area contributed by atoms with Gasteiger partial charge < -0.3 is 14.6 Å². The number of likely N-dealkylation sites (N-methyl/N-ethyl adjacent to an activating group) is 1. The van der Waals surface area contributed by atoms with Crippen LogP contribution in [0.2, 0.25) is 0 Å². The highest BCUT2D eigenvalue weighted by molar-refractivity contribution is 5.81. The van der Waals surface area contributed by atoms with Gasteiger partial charge in [0.2, 0.25) is 0 Å². The number of fused-ring (bicyclic) bond motifs is 3. The van der Waals surface area contributed by atoms with Crippen LogP contribution in [0.3, 0.4) is 0 Å². The number of carboxylic acid groups (broad SMARTS) is 1. The van der Waals surface area contributed by atoms with Crippen LogP contribution in [0, 0.1) is 0 Å². The predicted octanol–water partition coefficient (Wildman–Crippen LogP) is 5.74. The zero-order valence-corrected chi connectivity index (χ0v) is 20.5. The van der Waals surface area contributed by atoms with Crippen molar-refractivity contribution in [3.8, 4) is 16.9 Å². The summed E-state index contributed by atoms with van der Waals surface area (Å²) in [6.45, 7) is 5.98. The highest BCUT2D eigenvalue weighted by Gasteiger charge is 2.32. The van der Waals surface area contributed by atoms with E-state index in [0.29, 0.717) is 5.75 Å². The van der Waals surface area contributed by atoms with E-state index in [0.717, 1.165) is 32.7 Å². The van der Waals surface area contributed by atoms with Gasteiger partial charge in [-0.3, -0.25) is 4.90 Å². The van der Waals surface area contributed by atoms with Gasteiger partial charge in [-0.25, -0.2) is 9.59 Å². The van der Waals surface area contributed by atoms with Crippen molar-refractivity contribution in [3.63, 3.8) is 0 Å². The largest absolute Gasteiger partial charge is 0.488 e. The van der Waals surface area contributed by atoms with Crippen LogP contribution >= 0.6 is 0 Å². The molecule has 0 saturated carbocycles. The molecule has 35 heavy (non-hydrogen) atoms. The van der Waals surface area contributed by atoms with Crippen molar-refractivity contribution in [2.24, 2.45) is 0 Å². The summed E-state index contributed by atoms with van der Waals surface area (Å²) in [7, 11) is 1.47. The molecule has 1 amide bonds. The van der Waals surface area contributed by atoms with Crippen LogP contribution in [-0.2, 0) is 16.0 Å². The lowest BCUT2D eigenvalue weighted by atomic mass is 9.98. The summed E-state index contributed by atoms with van der Waals surface area (Å²) >= 11 is 0. The van der Waals surface area contributed by atoms with Crippen molar-refractivity contribution in [2.75, 3.05) is 13.7 Å². The second kappa shape index (κ2) is 9.82. The van der Waals surface area contributed by atoms with Crippen LogP contribution < -0.4 is 4.74 Å². The van der Waals surface area contributed by atoms with Crippen LogP contribution in [-0.4, -0.2) is 47.4 Å². The number of carbonyl (C=O) groups is 2. The molecule has 1 aliphatic rings. The maximum Gasteiger partial charge on any atom is 0.410 e. The van der Waals surface area contributed by atoms with Gasteiger partial charge >= 0.3 is 12.1 Å². The highest BCUT2D eigenvalue weighted by atomic mass is 16.6. The van der Waals surface area contributed by atoms with Gasteiger partial charge in [0.05, 0.1) is 0 Å². The monoisotopic (exact) mass is 473 g/mol. The van der Waals surface area contributed by atoms with E-state index in [2.05, 4.69) is 12.1 Å². The number of hydrogen-bond donors (Lipinski definition) is 1. The quantitative estimate of drug-likeness (QED) is 0.474. The Morgan fingerprint density at radius 1 is 0.943 bits per heavy atom. The molecule has 0 aromatic heterocycles. The van der Waals surface area contributed by atoms with Crippen molar-refractivity contribution in [2.45, 2.75) is 44.8 Å². The number of aliphatic carboxylic acids is 1. The van der Waals surface area contributed by atoms with Gasteiger partial charge in [-0.15, -0.1) is 0 Å². The third-order valence-electron chi connectivity index (χ3n) is 6.13. The zero-order valence-electron chi connectivity index (χ0n) is 20.5. The van der Waals surface area contributed by atoms with E-state index in [-0.39, 0.29) is 24.5 Å². The van der Waals surface area contributed by atoms with Crippen LogP contribution in [0.15, 0.2) is 72.8 Å². The average Bonchev–Trinajstić information content (AvgIpc) is 3.13. The highest BCUT2D eigenvalue weighted by Crippen LogP contribution is 2.44. The van der Waals surface area contributed by atoms with Crippen molar-refractivity contribution in [1.82, 2.24) is 4.90 Å². The molecule has 0 heterocycles. The smallest absolute Gasteiger partial charge is 0.410 e. The molecule has 6 heteroatoms. The second-order valence-corrected chi connectivity index (χ2v) is 9.83. The van der Waals surface area contributed by atoms with Crippen molar-refractivity contribution in [1.29, 1.82) is 0 Å². The van der Waals surface area contributed by atoms with Gasteiger partial charge in [0.25, 0.3) is 0 Å². The summed E-state index contributed by atoms with van der Waals surface area (Å²) in [4.78, 5) is 26.2. The van der Waals surface area contributed by atoms with E-state index in [1.54, 1.807) is 0 Å². The standard InChI is InChI=1S/C29H31NO5/c1-29(2,3)35-20-11-9-10-19(16-20)17-26(27(31)32)30(4)28(33)34-18-25-23-14-7-5-12-21(23)22-13-6-8-15-24(22)25/h5-16,25-26H,17-18H2,1-4H3,(H,31,32)/t26-/m0/s1. The first-order valence-electron chi connectivity index (χ1n) is 11.7. The van der Waals surface area contributed by atoms with E-state index in [1.165, 1.54) is 7.05 Å². The SMILES string of the molecule is CN(C(=O)OCC1c2ccccc2-c2ccccc21)[C@@H](Cc1cccc(OC(C)(C)C)c1)C(=O)O. The summed E-state index contributed by atoms with van der Waals surface area (Å²) in [6, 6.07) is 22.4. The van der Waals surface area contributed by atoms with Crippen molar-refractivity contribution < 1.29 is 24.2 Å². The molecule has 0 fully saturated rings. The Balaban J connectivity index is 1.46. The molecule has 1 atom stereocenters. The third-order valence-corrected chi connectivity index (χ3v) is 6.13. The van der Waals surface area contributed by atoms with Gasteiger partial charge in [-0.2, -0.15) is 0 Å². The maximum atomic E-state index is 12.9. The Bertz CT molecular complexity index is 1180. The fourth-order valence-corrected chi connectivity index (χ4v) is 4.53. The van der Waals surface area contributed by atoms with Gasteiger partial charge in [0.15, 0.2) is 0 Å². The first-order valence-corrected chi connectivity index (χ1v) is 11.7. The molecule has 3 aromatic rings. The van der Waals surface area contributed by atoms with Crippen LogP contribution in [0.5, 0.6) is 5.75 Å². The van der Waals surface area contributed by atoms with Gasteiger partial charge in [-0.1, -0.05) is 60.7 Å². The van der Waals surface area contributed by atoms with Crippen molar-refractivity contribution >= 4 is 12.1 Å². The molecule has 0 aliphatic heterocycles. The Labute approximate surface area is 206 Å². The fraction of sp³-hybridized carbons (Fsp3) is 0.310. The Hall–Kier alpha value is -3.80. The van der Waals surface area contributed by atoms with E-state index < -0.39 is 18.1 Å². The summed E-state index contributed by atoms with van der Waals surface area (Å²) in [6.07, 6.45) is -0.529. The first kappa shape index (κ1) is 24.3. The molecule has 1 N–H and O–H groups in total. The molecule has 4 rings (SSSR count). The minimum atomic E-state index is -1.09. The molecule has 3 aromatic carbocycles. The van der Waals surface area contributed by atoms with E-state index in [9.17, 15) is 14.7 Å². The topological polar surface area (TPSA) is 76.1 Å². The zero-order chi connectivity index (χ0) is 25.2. The average molecular weight is 474 g/mol. The second-order valence-electron chi connectivity index (χ2n) is 9.83. The van der Waals surface area contributed by atoms with E-state index in [1.807, 2.05) is 81.4 Å². The minimum Gasteiger partial charge on any atom is -0.488 e. The first-order chi connectivity index (χ1) is 16.6. The molecule has 1 aliphatic carbocycles. The molecular formula is C29H31NO5. The number of nitrogens with zero attached hydrogens (tertiary/aromatic N) is 1. The molecular weight excluding hydrogens is 442 g/mol. The molecule has 0 radical (unpaired) electrons. The van der Waals surface area contributed by atoms with E-state index in [4.69, 9.17) is 9.47 Å². The molecule has 182 valence electrons. The van der Waals surface area contributed by atoms with Gasteiger partial charge in [0.1, 0.15) is 24.0 Å². The Kier molecular flexibility index (Phi) is 6.83. The van der Waals surface area contributed by atoms with Crippen LogP contribution in [0.25, 0.3) is 11.1 Å². The lowest BCUT2D eigenvalue weighted by molar-refractivity contribution is -0.142. The maximum absolute atomic E-state index is 12.9. The number of ether oxygens (including phenoxy) is 2. The van der Waals surface area contributed by atoms with E-state index >= 15 is 0 Å². The number of carboxylic acids is 1. The van der Waals surface area contributed by atoms with Crippen LogP contribution in [0.4, 0.5) is 4.79 Å². The number of carbonyl (C=O) groups excluding carboxylic acids is 1. The number of amides is 1. The van der Waals surface area contributed by atoms with Gasteiger partial charge in [0, 0.05) is 19.4 Å². The number of rotatable bonds is 7. The summed E-state index contributed by atoms with van der Waals surface area (Å²) < 4.78 is 11.6. The Morgan fingerprint density at radius 2 is 1.54 bits per heavy atom. The summed E-state index contributed by atoms with van der Waals surface area (Å²) in [5.74, 6) is -0.527. The molecule has 0 bridgehead atoms. The summed E-state index contributed by atoms with van der Waals surface area (Å²) in [5, 5.41) is 9.87. The molecule has 0 saturated heterocycles. The Morgan fingerprint density at radius 3 is 2.11 bits per heavy atom. The molecule has 0 unspecified atom stereocenters.